The number of methoxy groups -OCH3 is 1. The molecule has 0 bridgehead atoms. The predicted molar refractivity (Wildman–Crippen MR) is 122 cm³/mol. The zero-order valence-electron chi connectivity index (χ0n) is 17.7. The Kier molecular flexibility index (Phi) is 5.59. The Hall–Kier alpha value is -3.30. The van der Waals surface area contributed by atoms with Gasteiger partial charge in [-0.25, -0.2) is 18.7 Å². The van der Waals surface area contributed by atoms with Crippen LogP contribution in [0.5, 0.6) is 0 Å². The van der Waals surface area contributed by atoms with Crippen molar-refractivity contribution in [1.82, 2.24) is 19.7 Å². The number of rotatable bonds is 7. The highest BCUT2D eigenvalue weighted by molar-refractivity contribution is 6.34. The lowest BCUT2D eigenvalue weighted by Gasteiger charge is -2.12. The summed E-state index contributed by atoms with van der Waals surface area (Å²) in [6, 6.07) is 7.42. The van der Waals surface area contributed by atoms with Gasteiger partial charge in [-0.05, 0) is 25.0 Å². The minimum atomic E-state index is -0.993. The molecule has 1 aliphatic carbocycles. The smallest absolute Gasteiger partial charge is 0.253 e. The Morgan fingerprint density at radius 3 is 2.76 bits per heavy atom. The fourth-order valence-corrected chi connectivity index (χ4v) is 3.94. The van der Waals surface area contributed by atoms with Gasteiger partial charge >= 0.3 is 0 Å². The quantitative estimate of drug-likeness (QED) is 0.390. The van der Waals surface area contributed by atoms with E-state index in [1.54, 1.807) is 35.9 Å². The number of carbonyl (C=O) groups excluding carboxylic acids is 1. The maximum Gasteiger partial charge on any atom is 0.253 e. The van der Waals surface area contributed by atoms with Crippen molar-refractivity contribution in [3.8, 4) is 11.3 Å². The van der Waals surface area contributed by atoms with E-state index in [2.05, 4.69) is 20.6 Å². The zero-order chi connectivity index (χ0) is 23.1. The summed E-state index contributed by atoms with van der Waals surface area (Å²) in [5.74, 6) is -1.80. The Bertz CT molecular complexity index is 1390. The average Bonchev–Trinajstić information content (AvgIpc) is 3.49. The molecular formula is C23H20ClF2N5O2. The summed E-state index contributed by atoms with van der Waals surface area (Å²) in [6.45, 7) is 0.879. The van der Waals surface area contributed by atoms with Gasteiger partial charge < -0.3 is 15.4 Å². The molecule has 0 saturated heterocycles. The summed E-state index contributed by atoms with van der Waals surface area (Å²) in [4.78, 5) is 21.3. The van der Waals surface area contributed by atoms with Gasteiger partial charge in [0, 0.05) is 37.4 Å². The van der Waals surface area contributed by atoms with Crippen molar-refractivity contribution in [2.24, 2.45) is 0 Å². The summed E-state index contributed by atoms with van der Waals surface area (Å²) in [5, 5.41) is 6.33. The Balaban J connectivity index is 1.64. The highest BCUT2D eigenvalue weighted by atomic mass is 35.5. The predicted octanol–water partition coefficient (Wildman–Crippen LogP) is 4.43. The van der Waals surface area contributed by atoms with Crippen molar-refractivity contribution in [3.63, 3.8) is 0 Å². The monoisotopic (exact) mass is 471 g/mol. The highest BCUT2D eigenvalue weighted by Gasteiger charge is 2.25. The van der Waals surface area contributed by atoms with E-state index < -0.39 is 11.6 Å². The third-order valence-corrected chi connectivity index (χ3v) is 5.80. The first-order valence-corrected chi connectivity index (χ1v) is 10.8. The van der Waals surface area contributed by atoms with E-state index in [1.807, 2.05) is 0 Å². The molecule has 7 nitrogen and oxygen atoms in total. The average molecular weight is 472 g/mol. The maximum atomic E-state index is 14.1. The maximum absolute atomic E-state index is 14.1. The lowest BCUT2D eigenvalue weighted by Crippen LogP contribution is -2.25. The SMILES string of the molecule is COCCNc1nc2cc(F)c(F)cc2n2c(-c3ccc(C(=O)NC4CC4)c(Cl)c3)cnc12. The van der Waals surface area contributed by atoms with Crippen molar-refractivity contribution in [1.29, 1.82) is 0 Å². The molecule has 0 aliphatic heterocycles. The standard InChI is InChI=1S/C23H20ClF2N5O2/c1-33-7-6-27-21-22-28-11-20(31(22)19-10-17(26)16(25)9-18(19)30-21)12-2-5-14(15(24)8-12)23(32)29-13-3-4-13/h2,5,8-11,13H,3-4,6-7H2,1H3,(H,27,30)(H,29,32). The van der Waals surface area contributed by atoms with Crippen LogP contribution < -0.4 is 10.6 Å². The second kappa shape index (κ2) is 8.57. The van der Waals surface area contributed by atoms with Crippen LogP contribution in [0.2, 0.25) is 5.02 Å². The summed E-state index contributed by atoms with van der Waals surface area (Å²) < 4.78 is 34.9. The number of carbonyl (C=O) groups is 1. The number of benzene rings is 2. The van der Waals surface area contributed by atoms with Crippen LogP contribution in [0, 0.1) is 11.6 Å². The lowest BCUT2D eigenvalue weighted by atomic mass is 10.1. The summed E-state index contributed by atoms with van der Waals surface area (Å²) in [7, 11) is 1.58. The number of nitrogens with one attached hydrogen (secondary N) is 2. The van der Waals surface area contributed by atoms with E-state index in [-0.39, 0.29) is 22.5 Å². The Morgan fingerprint density at radius 1 is 1.24 bits per heavy atom. The van der Waals surface area contributed by atoms with Gasteiger partial charge in [0.25, 0.3) is 5.91 Å². The molecule has 1 saturated carbocycles. The van der Waals surface area contributed by atoms with E-state index in [9.17, 15) is 13.6 Å². The molecule has 2 N–H and O–H groups in total. The van der Waals surface area contributed by atoms with E-state index in [0.717, 1.165) is 25.0 Å². The van der Waals surface area contributed by atoms with Crippen LogP contribution in [0.15, 0.2) is 36.5 Å². The number of hydrogen-bond acceptors (Lipinski definition) is 5. The molecule has 2 aromatic carbocycles. The van der Waals surface area contributed by atoms with E-state index >= 15 is 0 Å². The van der Waals surface area contributed by atoms with Crippen LogP contribution in [0.4, 0.5) is 14.6 Å². The van der Waals surface area contributed by atoms with Crippen molar-refractivity contribution < 1.29 is 18.3 Å². The Labute approximate surface area is 192 Å². The van der Waals surface area contributed by atoms with E-state index in [4.69, 9.17) is 16.3 Å². The van der Waals surface area contributed by atoms with Gasteiger partial charge in [-0.1, -0.05) is 17.7 Å². The summed E-state index contributed by atoms with van der Waals surface area (Å²) >= 11 is 6.44. The number of fused-ring (bicyclic) bond motifs is 3. The highest BCUT2D eigenvalue weighted by Crippen LogP contribution is 2.32. The third kappa shape index (κ3) is 4.09. The van der Waals surface area contributed by atoms with Gasteiger partial charge in [0.15, 0.2) is 23.1 Å². The third-order valence-electron chi connectivity index (χ3n) is 5.48. The molecule has 0 radical (unpaired) electrons. The molecule has 33 heavy (non-hydrogen) atoms. The summed E-state index contributed by atoms with van der Waals surface area (Å²) in [6.07, 6.45) is 3.55. The van der Waals surface area contributed by atoms with Crippen LogP contribution in [0.3, 0.4) is 0 Å². The number of hydrogen-bond donors (Lipinski definition) is 2. The van der Waals surface area contributed by atoms with Crippen LogP contribution >= 0.6 is 11.6 Å². The van der Waals surface area contributed by atoms with Gasteiger partial charge in [-0.15, -0.1) is 0 Å². The second-order valence-corrected chi connectivity index (χ2v) is 8.29. The minimum Gasteiger partial charge on any atom is -0.383 e. The molecule has 0 unspecified atom stereocenters. The van der Waals surface area contributed by atoms with Crippen LogP contribution in [-0.2, 0) is 4.74 Å². The van der Waals surface area contributed by atoms with Crippen molar-refractivity contribution >= 4 is 40.0 Å². The number of ether oxygens (including phenoxy) is 1. The van der Waals surface area contributed by atoms with Crippen molar-refractivity contribution in [2.45, 2.75) is 18.9 Å². The first-order chi connectivity index (χ1) is 16.0. The van der Waals surface area contributed by atoms with Crippen molar-refractivity contribution in [2.75, 3.05) is 25.6 Å². The second-order valence-electron chi connectivity index (χ2n) is 7.88. The fraction of sp³-hybridized carbons (Fsp3) is 0.261. The summed E-state index contributed by atoms with van der Waals surface area (Å²) in [5.41, 5.74) is 2.67. The van der Waals surface area contributed by atoms with Crippen molar-refractivity contribution in [3.05, 3.63) is 58.7 Å². The molecule has 0 spiro atoms. The van der Waals surface area contributed by atoms with E-state index in [1.165, 1.54) is 0 Å². The molecule has 1 amide bonds. The molecule has 5 rings (SSSR count). The molecule has 2 aromatic heterocycles. The molecule has 1 fully saturated rings. The molecule has 1 aliphatic rings. The zero-order valence-corrected chi connectivity index (χ0v) is 18.4. The lowest BCUT2D eigenvalue weighted by molar-refractivity contribution is 0.0951. The van der Waals surface area contributed by atoms with Crippen LogP contribution in [-0.4, -0.2) is 46.6 Å². The largest absolute Gasteiger partial charge is 0.383 e. The van der Waals surface area contributed by atoms with Crippen LogP contribution in [0.25, 0.3) is 27.9 Å². The molecule has 170 valence electrons. The number of anilines is 1. The first kappa shape index (κ1) is 21.5. The van der Waals surface area contributed by atoms with Gasteiger partial charge in [0.1, 0.15) is 0 Å². The number of imidazole rings is 1. The molecule has 0 atom stereocenters. The number of aromatic nitrogens is 3. The molecule has 10 heteroatoms. The van der Waals surface area contributed by atoms with Crippen LogP contribution in [0.1, 0.15) is 23.2 Å². The number of halogens is 3. The van der Waals surface area contributed by atoms with Gasteiger partial charge in [-0.3, -0.25) is 9.20 Å². The fourth-order valence-electron chi connectivity index (χ4n) is 3.67. The van der Waals surface area contributed by atoms with Gasteiger partial charge in [-0.2, -0.15) is 0 Å². The number of amides is 1. The van der Waals surface area contributed by atoms with E-state index in [0.29, 0.717) is 47.0 Å². The first-order valence-electron chi connectivity index (χ1n) is 10.5. The minimum absolute atomic E-state index is 0.213. The molecular weight excluding hydrogens is 452 g/mol. The molecule has 4 aromatic rings. The number of nitrogens with zero attached hydrogens (tertiary/aromatic N) is 3. The normalized spacial score (nSPS) is 13.6. The van der Waals surface area contributed by atoms with Gasteiger partial charge in [0.2, 0.25) is 0 Å². The topological polar surface area (TPSA) is 80.5 Å². The molecule has 2 heterocycles. The van der Waals surface area contributed by atoms with Gasteiger partial charge in [0.05, 0.1) is 40.1 Å². The Morgan fingerprint density at radius 2 is 2.03 bits per heavy atom.